The van der Waals surface area contributed by atoms with Gasteiger partial charge in [-0.3, -0.25) is 14.3 Å². The molecule has 0 atom stereocenters. The first-order chi connectivity index (χ1) is 15.5. The minimum absolute atomic E-state index is 0.366. The van der Waals surface area contributed by atoms with Crippen molar-refractivity contribution < 1.29 is 4.74 Å². The van der Waals surface area contributed by atoms with Gasteiger partial charge in [0.05, 0.1) is 7.11 Å². The van der Waals surface area contributed by atoms with Crippen molar-refractivity contribution >= 4 is 22.8 Å². The first-order valence-electron chi connectivity index (χ1n) is 11.4. The van der Waals surface area contributed by atoms with Gasteiger partial charge in [-0.25, -0.2) is 4.79 Å². The van der Waals surface area contributed by atoms with Crippen LogP contribution in [0.3, 0.4) is 0 Å². The van der Waals surface area contributed by atoms with E-state index in [0.717, 1.165) is 69.2 Å². The molecule has 0 unspecified atom stereocenters. The predicted molar refractivity (Wildman–Crippen MR) is 127 cm³/mol. The molecule has 172 valence electrons. The Morgan fingerprint density at radius 3 is 2.34 bits per heavy atom. The number of rotatable bonds is 8. The molecule has 1 aliphatic heterocycles. The third-order valence-corrected chi connectivity index (χ3v) is 6.22. The third-order valence-electron chi connectivity index (χ3n) is 6.22. The largest absolute Gasteiger partial charge is 0.497 e. The predicted octanol–water partition coefficient (Wildman–Crippen LogP) is 2.34. The molecule has 2 aromatic heterocycles. The van der Waals surface area contributed by atoms with E-state index in [0.29, 0.717) is 17.7 Å². The molecular formula is C23H32N6O3. The van der Waals surface area contributed by atoms with Crippen LogP contribution in [0, 0.1) is 0 Å². The van der Waals surface area contributed by atoms with E-state index in [9.17, 15) is 9.59 Å². The van der Waals surface area contributed by atoms with Crippen molar-refractivity contribution in [3.63, 3.8) is 0 Å². The lowest BCUT2D eigenvalue weighted by atomic mass is 10.2. The summed E-state index contributed by atoms with van der Waals surface area (Å²) in [5.74, 6) is 1.62. The number of hydrogen-bond donors (Lipinski definition) is 1. The maximum atomic E-state index is 12.7. The van der Waals surface area contributed by atoms with Crippen LogP contribution in [0.2, 0.25) is 0 Å². The van der Waals surface area contributed by atoms with Gasteiger partial charge in [0.15, 0.2) is 11.2 Å². The average molecular weight is 441 g/mol. The number of imidazole rings is 1. The molecule has 1 N–H and O–H groups in total. The highest BCUT2D eigenvalue weighted by Crippen LogP contribution is 2.25. The Balaban J connectivity index is 1.60. The maximum Gasteiger partial charge on any atom is 0.329 e. The van der Waals surface area contributed by atoms with Crippen LogP contribution in [0.25, 0.3) is 11.2 Å². The number of aryl methyl sites for hydroxylation is 2. The second-order valence-corrected chi connectivity index (χ2v) is 8.29. The highest BCUT2D eigenvalue weighted by molar-refractivity contribution is 5.74. The normalized spacial score (nSPS) is 14.3. The van der Waals surface area contributed by atoms with Gasteiger partial charge >= 0.3 is 5.69 Å². The zero-order valence-corrected chi connectivity index (χ0v) is 19.1. The summed E-state index contributed by atoms with van der Waals surface area (Å²) in [5, 5.41) is 0. The van der Waals surface area contributed by atoms with E-state index < -0.39 is 5.69 Å². The number of fused-ring (bicyclic) bond motifs is 1. The number of aromatic amines is 1. The van der Waals surface area contributed by atoms with Crippen LogP contribution in [-0.4, -0.2) is 52.4 Å². The van der Waals surface area contributed by atoms with E-state index in [2.05, 4.69) is 33.8 Å². The van der Waals surface area contributed by atoms with E-state index in [1.807, 2.05) is 16.7 Å². The van der Waals surface area contributed by atoms with E-state index in [1.165, 1.54) is 4.57 Å². The number of piperazine rings is 1. The SMILES string of the molecule is CCCCCCn1c(N2CCN(c3ccc(OC)cc3)CC2)nc2c1c(=O)[nH]c(=O)n2C. The van der Waals surface area contributed by atoms with Crippen molar-refractivity contribution in [1.82, 2.24) is 19.1 Å². The molecular weight excluding hydrogens is 408 g/mol. The first kappa shape index (κ1) is 22.0. The molecule has 0 aliphatic carbocycles. The zero-order valence-electron chi connectivity index (χ0n) is 19.1. The summed E-state index contributed by atoms with van der Waals surface area (Å²) in [6.45, 7) is 6.17. The van der Waals surface area contributed by atoms with Crippen LogP contribution in [0.5, 0.6) is 5.75 Å². The van der Waals surface area contributed by atoms with Gasteiger partial charge in [-0.2, -0.15) is 4.98 Å². The van der Waals surface area contributed by atoms with Crippen molar-refractivity contribution in [3.8, 4) is 5.75 Å². The minimum Gasteiger partial charge on any atom is -0.497 e. The molecule has 1 fully saturated rings. The summed E-state index contributed by atoms with van der Waals surface area (Å²) >= 11 is 0. The zero-order chi connectivity index (χ0) is 22.7. The van der Waals surface area contributed by atoms with E-state index in [-0.39, 0.29) is 5.56 Å². The van der Waals surface area contributed by atoms with Crippen molar-refractivity contribution in [2.75, 3.05) is 43.1 Å². The van der Waals surface area contributed by atoms with Crippen molar-refractivity contribution in [2.45, 2.75) is 39.2 Å². The summed E-state index contributed by atoms with van der Waals surface area (Å²) in [5.41, 5.74) is 1.29. The Labute approximate surface area is 187 Å². The van der Waals surface area contributed by atoms with Gasteiger partial charge in [-0.15, -0.1) is 0 Å². The topological polar surface area (TPSA) is 88.4 Å². The highest BCUT2D eigenvalue weighted by atomic mass is 16.5. The van der Waals surface area contributed by atoms with Crippen LogP contribution in [0.15, 0.2) is 33.9 Å². The van der Waals surface area contributed by atoms with Crippen LogP contribution >= 0.6 is 0 Å². The average Bonchev–Trinajstić information content (AvgIpc) is 3.21. The van der Waals surface area contributed by atoms with Gasteiger partial charge < -0.3 is 19.1 Å². The lowest BCUT2D eigenvalue weighted by Crippen LogP contribution is -2.47. The fourth-order valence-corrected chi connectivity index (χ4v) is 4.33. The van der Waals surface area contributed by atoms with E-state index in [1.54, 1.807) is 14.2 Å². The molecule has 1 aromatic carbocycles. The Morgan fingerprint density at radius 1 is 1.00 bits per heavy atom. The molecule has 0 spiro atoms. The Kier molecular flexibility index (Phi) is 6.53. The fourth-order valence-electron chi connectivity index (χ4n) is 4.33. The number of ether oxygens (including phenoxy) is 1. The Morgan fingerprint density at radius 2 is 1.69 bits per heavy atom. The van der Waals surface area contributed by atoms with Crippen molar-refractivity contribution in [1.29, 1.82) is 0 Å². The molecule has 0 saturated carbocycles. The van der Waals surface area contributed by atoms with Crippen LogP contribution < -0.4 is 25.8 Å². The van der Waals surface area contributed by atoms with Crippen LogP contribution in [0.1, 0.15) is 32.6 Å². The number of nitrogens with one attached hydrogen (secondary N) is 1. The smallest absolute Gasteiger partial charge is 0.329 e. The maximum absolute atomic E-state index is 12.7. The molecule has 0 amide bonds. The molecule has 4 rings (SSSR count). The van der Waals surface area contributed by atoms with Gasteiger partial charge in [0.25, 0.3) is 5.56 Å². The number of nitrogens with zero attached hydrogens (tertiary/aromatic N) is 5. The number of methoxy groups -OCH3 is 1. The van der Waals surface area contributed by atoms with Crippen LogP contribution in [0.4, 0.5) is 11.6 Å². The molecule has 9 heteroatoms. The van der Waals surface area contributed by atoms with Gasteiger partial charge in [-0.05, 0) is 30.7 Å². The highest BCUT2D eigenvalue weighted by Gasteiger charge is 2.25. The number of hydrogen-bond acceptors (Lipinski definition) is 6. The standard InChI is InChI=1S/C23H32N6O3/c1-4-5-6-7-12-29-19-20(26(2)23(31)25-21(19)30)24-22(29)28-15-13-27(14-16-28)17-8-10-18(32-3)11-9-17/h8-11H,4-7,12-16H2,1-3H3,(H,25,30,31). The van der Waals surface area contributed by atoms with Gasteiger partial charge in [0, 0.05) is 45.5 Å². The minimum atomic E-state index is -0.436. The van der Waals surface area contributed by atoms with Gasteiger partial charge in [0.1, 0.15) is 5.75 Å². The molecule has 0 radical (unpaired) electrons. The monoisotopic (exact) mass is 440 g/mol. The number of aromatic nitrogens is 4. The van der Waals surface area contributed by atoms with Crippen LogP contribution in [-0.2, 0) is 13.6 Å². The second-order valence-electron chi connectivity index (χ2n) is 8.29. The molecule has 1 aliphatic rings. The molecule has 3 heterocycles. The molecule has 9 nitrogen and oxygen atoms in total. The van der Waals surface area contributed by atoms with E-state index >= 15 is 0 Å². The fraction of sp³-hybridized carbons (Fsp3) is 0.522. The molecule has 0 bridgehead atoms. The lowest BCUT2D eigenvalue weighted by Gasteiger charge is -2.36. The van der Waals surface area contributed by atoms with Crippen molar-refractivity contribution in [3.05, 3.63) is 45.1 Å². The quantitative estimate of drug-likeness (QED) is 0.541. The number of H-pyrrole nitrogens is 1. The summed E-state index contributed by atoms with van der Waals surface area (Å²) < 4.78 is 8.69. The lowest BCUT2D eigenvalue weighted by molar-refractivity contribution is 0.415. The van der Waals surface area contributed by atoms with E-state index in [4.69, 9.17) is 9.72 Å². The number of unbranched alkanes of at least 4 members (excludes halogenated alkanes) is 3. The molecule has 1 saturated heterocycles. The number of anilines is 2. The van der Waals surface area contributed by atoms with Gasteiger partial charge in [0.2, 0.25) is 5.95 Å². The Bertz CT molecular complexity index is 1170. The van der Waals surface area contributed by atoms with Crippen molar-refractivity contribution in [2.24, 2.45) is 7.05 Å². The first-order valence-corrected chi connectivity index (χ1v) is 11.4. The van der Waals surface area contributed by atoms with Gasteiger partial charge in [-0.1, -0.05) is 26.2 Å². The molecule has 3 aromatic rings. The third kappa shape index (κ3) is 4.24. The summed E-state index contributed by atoms with van der Waals surface area (Å²) in [7, 11) is 3.32. The summed E-state index contributed by atoms with van der Waals surface area (Å²) in [4.78, 5) is 36.6. The Hall–Kier alpha value is -3.23. The summed E-state index contributed by atoms with van der Waals surface area (Å²) in [6, 6.07) is 8.11. The number of benzene rings is 1. The second kappa shape index (κ2) is 9.50. The summed E-state index contributed by atoms with van der Waals surface area (Å²) in [6.07, 6.45) is 4.39. The molecule has 32 heavy (non-hydrogen) atoms.